The van der Waals surface area contributed by atoms with Crippen LogP contribution in [0.5, 0.6) is 5.75 Å². The fourth-order valence-electron chi connectivity index (χ4n) is 2.47. The summed E-state index contributed by atoms with van der Waals surface area (Å²) in [6.07, 6.45) is 8.41. The molecule has 0 saturated carbocycles. The second-order valence-electron chi connectivity index (χ2n) is 5.24. The predicted molar refractivity (Wildman–Crippen MR) is 81.7 cm³/mol. The maximum Gasteiger partial charge on any atom is 0.139 e. The highest BCUT2D eigenvalue weighted by atomic mass is 16.5. The molecule has 0 atom stereocenters. The Morgan fingerprint density at radius 2 is 2.10 bits per heavy atom. The normalized spacial score (nSPS) is 15.2. The summed E-state index contributed by atoms with van der Waals surface area (Å²) in [7, 11) is 1.92. The SMILES string of the molecule is Cn1cc(CCOc2cncc(N3CCNCC3)c2)cn1. The molecular formula is C15H21N5O. The van der Waals surface area contributed by atoms with Crippen LogP contribution in [-0.4, -0.2) is 47.6 Å². The number of nitrogens with zero attached hydrogens (tertiary/aromatic N) is 4. The van der Waals surface area contributed by atoms with Crippen LogP contribution in [0.3, 0.4) is 0 Å². The maximum atomic E-state index is 5.81. The van der Waals surface area contributed by atoms with Gasteiger partial charge >= 0.3 is 0 Å². The summed E-state index contributed by atoms with van der Waals surface area (Å²) in [4.78, 5) is 6.62. The minimum absolute atomic E-state index is 0.637. The summed E-state index contributed by atoms with van der Waals surface area (Å²) in [5.41, 5.74) is 2.32. The quantitative estimate of drug-likeness (QED) is 0.883. The van der Waals surface area contributed by atoms with Crippen LogP contribution in [0, 0.1) is 0 Å². The first-order valence-electron chi connectivity index (χ1n) is 7.32. The molecule has 1 aliphatic heterocycles. The van der Waals surface area contributed by atoms with Crippen molar-refractivity contribution >= 4 is 5.69 Å². The predicted octanol–water partition coefficient (Wildman–Crippen LogP) is 0.846. The fraction of sp³-hybridized carbons (Fsp3) is 0.467. The van der Waals surface area contributed by atoms with Gasteiger partial charge in [0, 0.05) is 51.9 Å². The van der Waals surface area contributed by atoms with Crippen LogP contribution in [-0.2, 0) is 13.5 Å². The molecule has 3 heterocycles. The Morgan fingerprint density at radius 3 is 2.86 bits per heavy atom. The minimum atomic E-state index is 0.637. The summed E-state index contributed by atoms with van der Waals surface area (Å²) in [5, 5.41) is 7.51. The van der Waals surface area contributed by atoms with Gasteiger partial charge in [0.15, 0.2) is 0 Å². The van der Waals surface area contributed by atoms with Crippen molar-refractivity contribution in [3.63, 3.8) is 0 Å². The van der Waals surface area contributed by atoms with Crippen LogP contribution >= 0.6 is 0 Å². The Morgan fingerprint density at radius 1 is 1.24 bits per heavy atom. The molecule has 0 amide bonds. The Hall–Kier alpha value is -2.08. The van der Waals surface area contributed by atoms with E-state index in [1.807, 2.05) is 30.3 Å². The van der Waals surface area contributed by atoms with Gasteiger partial charge in [0.2, 0.25) is 0 Å². The molecule has 1 aliphatic rings. The van der Waals surface area contributed by atoms with Gasteiger partial charge in [-0.2, -0.15) is 5.10 Å². The van der Waals surface area contributed by atoms with Gasteiger partial charge in [-0.25, -0.2) is 0 Å². The highest BCUT2D eigenvalue weighted by molar-refractivity contribution is 5.48. The third-order valence-corrected chi connectivity index (χ3v) is 3.60. The Kier molecular flexibility index (Phi) is 4.35. The molecule has 112 valence electrons. The number of ether oxygens (including phenoxy) is 1. The van der Waals surface area contributed by atoms with E-state index >= 15 is 0 Å². The number of piperazine rings is 1. The lowest BCUT2D eigenvalue weighted by Crippen LogP contribution is -2.43. The second-order valence-corrected chi connectivity index (χ2v) is 5.24. The van der Waals surface area contributed by atoms with E-state index < -0.39 is 0 Å². The van der Waals surface area contributed by atoms with E-state index in [0.29, 0.717) is 6.61 Å². The highest BCUT2D eigenvalue weighted by Gasteiger charge is 2.11. The summed E-state index contributed by atoms with van der Waals surface area (Å²) in [6, 6.07) is 2.07. The summed E-state index contributed by atoms with van der Waals surface area (Å²) < 4.78 is 7.62. The molecule has 0 unspecified atom stereocenters. The molecule has 21 heavy (non-hydrogen) atoms. The zero-order valence-corrected chi connectivity index (χ0v) is 12.3. The number of hydrogen-bond acceptors (Lipinski definition) is 5. The van der Waals surface area contributed by atoms with E-state index in [0.717, 1.165) is 44.0 Å². The van der Waals surface area contributed by atoms with Crippen LogP contribution in [0.25, 0.3) is 0 Å². The lowest BCUT2D eigenvalue weighted by Gasteiger charge is -2.29. The Balaban J connectivity index is 1.55. The largest absolute Gasteiger partial charge is 0.492 e. The maximum absolute atomic E-state index is 5.81. The van der Waals surface area contributed by atoms with Gasteiger partial charge in [-0.3, -0.25) is 9.67 Å². The van der Waals surface area contributed by atoms with Crippen molar-refractivity contribution in [3.8, 4) is 5.75 Å². The molecule has 0 radical (unpaired) electrons. The molecule has 6 nitrogen and oxygen atoms in total. The zero-order chi connectivity index (χ0) is 14.5. The van der Waals surface area contributed by atoms with Crippen molar-refractivity contribution in [1.82, 2.24) is 20.1 Å². The fourth-order valence-corrected chi connectivity index (χ4v) is 2.47. The number of aromatic nitrogens is 3. The number of pyridine rings is 1. The van der Waals surface area contributed by atoms with Crippen LogP contribution in [0.2, 0.25) is 0 Å². The standard InChI is InChI=1S/C15H21N5O/c1-19-12-13(9-18-19)2-7-21-15-8-14(10-17-11-15)20-5-3-16-4-6-20/h8-12,16H,2-7H2,1H3. The van der Waals surface area contributed by atoms with Gasteiger partial charge in [-0.05, 0) is 5.56 Å². The third-order valence-electron chi connectivity index (χ3n) is 3.60. The molecule has 6 heteroatoms. The van der Waals surface area contributed by atoms with Gasteiger partial charge in [0.1, 0.15) is 5.75 Å². The first-order chi connectivity index (χ1) is 10.3. The smallest absolute Gasteiger partial charge is 0.139 e. The molecule has 3 rings (SSSR count). The van der Waals surface area contributed by atoms with E-state index in [2.05, 4.69) is 26.4 Å². The zero-order valence-electron chi connectivity index (χ0n) is 12.3. The highest BCUT2D eigenvalue weighted by Crippen LogP contribution is 2.20. The van der Waals surface area contributed by atoms with Gasteiger partial charge in [-0.15, -0.1) is 0 Å². The van der Waals surface area contributed by atoms with E-state index in [1.54, 1.807) is 6.20 Å². The first kappa shape index (κ1) is 13.9. The molecule has 2 aromatic rings. The van der Waals surface area contributed by atoms with Gasteiger partial charge in [-0.1, -0.05) is 0 Å². The van der Waals surface area contributed by atoms with Crippen molar-refractivity contribution < 1.29 is 4.74 Å². The first-order valence-corrected chi connectivity index (χ1v) is 7.32. The number of aryl methyl sites for hydroxylation is 1. The average Bonchev–Trinajstić information content (AvgIpc) is 2.94. The van der Waals surface area contributed by atoms with Crippen molar-refractivity contribution in [1.29, 1.82) is 0 Å². The van der Waals surface area contributed by atoms with Crippen LogP contribution < -0.4 is 15.0 Å². The minimum Gasteiger partial charge on any atom is -0.492 e. The Labute approximate surface area is 124 Å². The van der Waals surface area contributed by atoms with Gasteiger partial charge < -0.3 is 15.0 Å². The molecule has 0 spiro atoms. The van der Waals surface area contributed by atoms with E-state index in [9.17, 15) is 0 Å². The van der Waals surface area contributed by atoms with Crippen molar-refractivity contribution in [2.75, 3.05) is 37.7 Å². The lowest BCUT2D eigenvalue weighted by atomic mass is 10.3. The molecule has 1 saturated heterocycles. The van der Waals surface area contributed by atoms with E-state index in [1.165, 1.54) is 5.56 Å². The summed E-state index contributed by atoms with van der Waals surface area (Å²) in [5.74, 6) is 0.829. The molecular weight excluding hydrogens is 266 g/mol. The summed E-state index contributed by atoms with van der Waals surface area (Å²) in [6.45, 7) is 4.71. The van der Waals surface area contributed by atoms with E-state index in [-0.39, 0.29) is 0 Å². The monoisotopic (exact) mass is 287 g/mol. The molecule has 2 aromatic heterocycles. The van der Waals surface area contributed by atoms with Crippen LogP contribution in [0.15, 0.2) is 30.9 Å². The summed E-state index contributed by atoms with van der Waals surface area (Å²) >= 11 is 0. The van der Waals surface area contributed by atoms with Crippen LogP contribution in [0.4, 0.5) is 5.69 Å². The van der Waals surface area contributed by atoms with Crippen molar-refractivity contribution in [3.05, 3.63) is 36.4 Å². The third kappa shape index (κ3) is 3.72. The Bertz CT molecular complexity index is 577. The average molecular weight is 287 g/mol. The van der Waals surface area contributed by atoms with Gasteiger partial charge in [0.25, 0.3) is 0 Å². The molecule has 0 bridgehead atoms. The molecule has 1 fully saturated rings. The van der Waals surface area contributed by atoms with Crippen molar-refractivity contribution in [2.24, 2.45) is 7.05 Å². The van der Waals surface area contributed by atoms with E-state index in [4.69, 9.17) is 4.74 Å². The number of anilines is 1. The molecule has 1 N–H and O–H groups in total. The molecule has 0 aliphatic carbocycles. The number of hydrogen-bond donors (Lipinski definition) is 1. The number of rotatable bonds is 5. The lowest BCUT2D eigenvalue weighted by molar-refractivity contribution is 0.320. The number of nitrogens with one attached hydrogen (secondary N) is 1. The molecule has 0 aromatic carbocycles. The van der Waals surface area contributed by atoms with Crippen molar-refractivity contribution in [2.45, 2.75) is 6.42 Å². The topological polar surface area (TPSA) is 55.2 Å². The van der Waals surface area contributed by atoms with Crippen LogP contribution in [0.1, 0.15) is 5.56 Å². The second kappa shape index (κ2) is 6.58. The van der Waals surface area contributed by atoms with Gasteiger partial charge in [0.05, 0.1) is 30.9 Å².